The zero-order valence-electron chi connectivity index (χ0n) is 16.5. The molecule has 0 aliphatic rings. The molecule has 0 radical (unpaired) electrons. The van der Waals surface area contributed by atoms with E-state index in [0.29, 0.717) is 22.5 Å². The molecular weight excluding hydrogens is 402 g/mol. The van der Waals surface area contributed by atoms with Gasteiger partial charge in [0.1, 0.15) is 6.54 Å². The Kier molecular flexibility index (Phi) is 6.79. The maximum absolute atomic E-state index is 12.4. The normalized spacial score (nSPS) is 10.1. The van der Waals surface area contributed by atoms with Crippen LogP contribution in [0.15, 0.2) is 71.3 Å². The lowest BCUT2D eigenvalue weighted by atomic mass is 10.1. The second-order valence-electron chi connectivity index (χ2n) is 6.30. The highest BCUT2D eigenvalue weighted by atomic mass is 16.5. The van der Waals surface area contributed by atoms with Crippen LogP contribution in [0.5, 0.6) is 0 Å². The molecule has 0 unspecified atom stereocenters. The molecule has 3 rings (SSSR count). The van der Waals surface area contributed by atoms with Gasteiger partial charge < -0.3 is 25.1 Å². The van der Waals surface area contributed by atoms with Crippen molar-refractivity contribution in [3.05, 3.63) is 83.8 Å². The molecule has 3 amide bonds. The number of esters is 1. The van der Waals surface area contributed by atoms with E-state index in [-0.39, 0.29) is 18.2 Å². The fourth-order valence-electron chi connectivity index (χ4n) is 2.54. The summed E-state index contributed by atoms with van der Waals surface area (Å²) >= 11 is 0. The van der Waals surface area contributed by atoms with Gasteiger partial charge in [-0.15, -0.1) is 0 Å². The Bertz CT molecular complexity index is 1070. The summed E-state index contributed by atoms with van der Waals surface area (Å²) in [6, 6.07) is 15.7. The lowest BCUT2D eigenvalue weighted by molar-refractivity contribution is -0.139. The van der Waals surface area contributed by atoms with Crippen LogP contribution in [-0.2, 0) is 9.53 Å². The van der Waals surface area contributed by atoms with Gasteiger partial charge in [-0.3, -0.25) is 19.2 Å². The number of carbonyl (C=O) groups is 4. The van der Waals surface area contributed by atoms with Gasteiger partial charge in [0.05, 0.1) is 13.4 Å². The highest BCUT2D eigenvalue weighted by molar-refractivity contribution is 6.06. The van der Waals surface area contributed by atoms with Crippen molar-refractivity contribution in [1.29, 1.82) is 0 Å². The van der Waals surface area contributed by atoms with E-state index in [4.69, 9.17) is 4.42 Å². The van der Waals surface area contributed by atoms with Gasteiger partial charge in [0.15, 0.2) is 5.76 Å². The Morgan fingerprint density at radius 2 is 1.32 bits per heavy atom. The average Bonchev–Trinajstić information content (AvgIpc) is 3.33. The number of anilines is 2. The van der Waals surface area contributed by atoms with E-state index in [1.165, 1.54) is 25.5 Å². The van der Waals surface area contributed by atoms with Crippen LogP contribution in [0.2, 0.25) is 0 Å². The summed E-state index contributed by atoms with van der Waals surface area (Å²) in [5.74, 6) is -1.55. The molecule has 9 heteroatoms. The van der Waals surface area contributed by atoms with E-state index in [2.05, 4.69) is 20.7 Å². The average molecular weight is 421 g/mol. The van der Waals surface area contributed by atoms with Crippen molar-refractivity contribution < 1.29 is 28.3 Å². The van der Waals surface area contributed by atoms with Crippen molar-refractivity contribution >= 4 is 35.1 Å². The molecule has 158 valence electrons. The first-order chi connectivity index (χ1) is 15.0. The molecule has 0 fully saturated rings. The number of ether oxygens (including phenoxy) is 1. The van der Waals surface area contributed by atoms with Crippen LogP contribution in [-0.4, -0.2) is 37.3 Å². The van der Waals surface area contributed by atoms with E-state index in [1.807, 2.05) is 0 Å². The van der Waals surface area contributed by atoms with Gasteiger partial charge in [-0.1, -0.05) is 0 Å². The van der Waals surface area contributed by atoms with Crippen LogP contribution in [0.4, 0.5) is 11.4 Å². The van der Waals surface area contributed by atoms with E-state index >= 15 is 0 Å². The third-order valence-electron chi connectivity index (χ3n) is 4.18. The van der Waals surface area contributed by atoms with Crippen molar-refractivity contribution in [3.8, 4) is 0 Å². The van der Waals surface area contributed by atoms with Crippen LogP contribution in [0, 0.1) is 0 Å². The molecule has 0 saturated heterocycles. The zero-order chi connectivity index (χ0) is 22.2. The number of hydrogen-bond acceptors (Lipinski definition) is 6. The maximum Gasteiger partial charge on any atom is 0.325 e. The Balaban J connectivity index is 1.55. The molecule has 9 nitrogen and oxygen atoms in total. The van der Waals surface area contributed by atoms with Gasteiger partial charge in [0.2, 0.25) is 0 Å². The lowest BCUT2D eigenvalue weighted by Crippen LogP contribution is -2.30. The minimum Gasteiger partial charge on any atom is -0.468 e. The molecule has 0 atom stereocenters. The van der Waals surface area contributed by atoms with Gasteiger partial charge in [0.25, 0.3) is 17.7 Å². The van der Waals surface area contributed by atoms with E-state index in [9.17, 15) is 19.2 Å². The molecule has 3 aromatic rings. The first-order valence-corrected chi connectivity index (χ1v) is 9.17. The first kappa shape index (κ1) is 21.3. The molecule has 0 aliphatic heterocycles. The first-order valence-electron chi connectivity index (χ1n) is 9.17. The minimum atomic E-state index is -0.552. The molecule has 0 spiro atoms. The second-order valence-corrected chi connectivity index (χ2v) is 6.30. The van der Waals surface area contributed by atoms with Crippen molar-refractivity contribution in [2.24, 2.45) is 0 Å². The number of methoxy groups -OCH3 is 1. The number of furan rings is 1. The predicted octanol–water partition coefficient (Wildman–Crippen LogP) is 2.69. The van der Waals surface area contributed by atoms with E-state index < -0.39 is 17.8 Å². The summed E-state index contributed by atoms with van der Waals surface area (Å²) in [7, 11) is 1.23. The quantitative estimate of drug-likeness (QED) is 0.504. The third-order valence-corrected chi connectivity index (χ3v) is 4.18. The monoisotopic (exact) mass is 421 g/mol. The number of amides is 3. The molecule has 3 N–H and O–H groups in total. The Hall–Kier alpha value is -4.40. The highest BCUT2D eigenvalue weighted by Crippen LogP contribution is 2.15. The van der Waals surface area contributed by atoms with Crippen molar-refractivity contribution in [1.82, 2.24) is 5.32 Å². The number of benzene rings is 2. The number of hydrogen-bond donors (Lipinski definition) is 3. The largest absolute Gasteiger partial charge is 0.468 e. The smallest absolute Gasteiger partial charge is 0.325 e. The van der Waals surface area contributed by atoms with Crippen LogP contribution in [0.1, 0.15) is 31.3 Å². The van der Waals surface area contributed by atoms with Crippen LogP contribution < -0.4 is 16.0 Å². The topological polar surface area (TPSA) is 127 Å². The minimum absolute atomic E-state index is 0.184. The zero-order valence-corrected chi connectivity index (χ0v) is 16.5. The van der Waals surface area contributed by atoms with Gasteiger partial charge in [-0.25, -0.2) is 0 Å². The Morgan fingerprint density at radius 3 is 1.84 bits per heavy atom. The molecule has 0 bridgehead atoms. The van der Waals surface area contributed by atoms with Gasteiger partial charge in [0, 0.05) is 22.5 Å². The molecule has 0 aliphatic carbocycles. The maximum atomic E-state index is 12.4. The molecule has 1 heterocycles. The predicted molar refractivity (Wildman–Crippen MR) is 112 cm³/mol. The number of rotatable bonds is 7. The molecule has 0 saturated carbocycles. The fraction of sp³-hybridized carbons (Fsp3) is 0.0909. The van der Waals surface area contributed by atoms with E-state index in [0.717, 1.165) is 0 Å². The standard InChI is InChI=1S/C22H19N3O6/c1-30-19(26)13-23-20(27)14-4-8-16(9-5-14)24-21(28)15-6-10-17(11-7-15)25-22(29)18-3-2-12-31-18/h2-12H,13H2,1H3,(H,23,27)(H,24,28)(H,25,29). The number of nitrogens with one attached hydrogen (secondary N) is 3. The van der Waals surface area contributed by atoms with Crippen molar-refractivity contribution in [2.45, 2.75) is 0 Å². The summed E-state index contributed by atoms with van der Waals surface area (Å²) < 4.78 is 9.48. The third kappa shape index (κ3) is 5.80. The van der Waals surface area contributed by atoms with Gasteiger partial charge in [-0.2, -0.15) is 0 Å². The van der Waals surface area contributed by atoms with Crippen LogP contribution in [0.3, 0.4) is 0 Å². The lowest BCUT2D eigenvalue weighted by Gasteiger charge is -2.08. The Morgan fingerprint density at radius 1 is 0.774 bits per heavy atom. The SMILES string of the molecule is COC(=O)CNC(=O)c1ccc(NC(=O)c2ccc(NC(=O)c3ccco3)cc2)cc1. The summed E-state index contributed by atoms with van der Waals surface area (Å²) in [6.45, 7) is -0.230. The van der Waals surface area contributed by atoms with Crippen molar-refractivity contribution in [3.63, 3.8) is 0 Å². The number of carbonyl (C=O) groups excluding carboxylic acids is 4. The molecule has 31 heavy (non-hydrogen) atoms. The Labute approximate surface area is 177 Å². The summed E-state index contributed by atoms with van der Waals surface area (Å²) in [6.07, 6.45) is 1.41. The molecular formula is C22H19N3O6. The van der Waals surface area contributed by atoms with Crippen LogP contribution in [0.25, 0.3) is 0 Å². The second kappa shape index (κ2) is 9.88. The summed E-state index contributed by atoms with van der Waals surface area (Å²) in [4.78, 5) is 47.4. The van der Waals surface area contributed by atoms with E-state index in [1.54, 1.807) is 48.5 Å². The fourth-order valence-corrected chi connectivity index (χ4v) is 2.54. The van der Waals surface area contributed by atoms with Gasteiger partial charge in [-0.05, 0) is 60.7 Å². The highest BCUT2D eigenvalue weighted by Gasteiger charge is 2.11. The van der Waals surface area contributed by atoms with Crippen molar-refractivity contribution in [2.75, 3.05) is 24.3 Å². The molecule has 1 aromatic heterocycles. The van der Waals surface area contributed by atoms with Crippen LogP contribution >= 0.6 is 0 Å². The summed E-state index contributed by atoms with van der Waals surface area (Å²) in [5.41, 5.74) is 1.72. The van der Waals surface area contributed by atoms with Gasteiger partial charge >= 0.3 is 5.97 Å². The summed E-state index contributed by atoms with van der Waals surface area (Å²) in [5, 5.41) is 7.81. The molecule has 2 aromatic carbocycles.